The minimum atomic E-state index is -0.271. The first-order valence-corrected chi connectivity index (χ1v) is 11.6. The highest BCUT2D eigenvalue weighted by Crippen LogP contribution is 2.20. The molecule has 0 saturated heterocycles. The van der Waals surface area contributed by atoms with Gasteiger partial charge in [0.1, 0.15) is 5.75 Å². The van der Waals surface area contributed by atoms with Crippen molar-refractivity contribution in [3.05, 3.63) is 69.5 Å². The largest absolute Gasteiger partial charge is 0.494 e. The van der Waals surface area contributed by atoms with Gasteiger partial charge in [0.2, 0.25) is 0 Å². The minimum Gasteiger partial charge on any atom is -0.494 e. The van der Waals surface area contributed by atoms with Gasteiger partial charge in [-0.15, -0.1) is 0 Å². The molecule has 2 N–H and O–H groups in total. The molecule has 0 aliphatic carbocycles. The molecule has 0 saturated carbocycles. The molecule has 7 nitrogen and oxygen atoms in total. The van der Waals surface area contributed by atoms with E-state index >= 15 is 0 Å². The van der Waals surface area contributed by atoms with Crippen molar-refractivity contribution < 1.29 is 9.53 Å². The number of nitrogens with zero attached hydrogens (tertiary/aromatic N) is 2. The van der Waals surface area contributed by atoms with Crippen LogP contribution in [0, 0.1) is 0 Å². The molecule has 8 heteroatoms. The van der Waals surface area contributed by atoms with Crippen LogP contribution in [0.15, 0.2) is 53.3 Å². The number of rotatable bonds is 10. The number of benzene rings is 2. The van der Waals surface area contributed by atoms with E-state index in [1.54, 1.807) is 29.2 Å². The van der Waals surface area contributed by atoms with Gasteiger partial charge in [0.05, 0.1) is 13.2 Å². The molecule has 3 aromatic rings. The van der Waals surface area contributed by atoms with Gasteiger partial charge in [0.15, 0.2) is 0 Å². The number of likely N-dealkylation sites (N-methyl/N-ethyl adjacent to an activating group) is 1. The van der Waals surface area contributed by atoms with Crippen molar-refractivity contribution >= 4 is 34.2 Å². The van der Waals surface area contributed by atoms with Gasteiger partial charge in [-0.05, 0) is 68.5 Å². The Labute approximate surface area is 199 Å². The zero-order valence-electron chi connectivity index (χ0n) is 19.4. The fourth-order valence-electron chi connectivity index (χ4n) is 3.60. The van der Waals surface area contributed by atoms with Gasteiger partial charge < -0.3 is 24.8 Å². The summed E-state index contributed by atoms with van der Waals surface area (Å²) < 4.78 is 5.59. The predicted octanol–water partition coefficient (Wildman–Crippen LogP) is 4.96. The predicted molar refractivity (Wildman–Crippen MR) is 134 cm³/mol. The number of hydrogen-bond donors (Lipinski definition) is 2. The van der Waals surface area contributed by atoms with Gasteiger partial charge in [-0.1, -0.05) is 25.4 Å². The molecule has 0 atom stereocenters. The van der Waals surface area contributed by atoms with Crippen molar-refractivity contribution in [2.45, 2.75) is 27.3 Å². The first-order chi connectivity index (χ1) is 15.9. The molecule has 1 heterocycles. The van der Waals surface area contributed by atoms with Crippen LogP contribution in [0.3, 0.4) is 0 Å². The Bertz CT molecular complexity index is 1130. The molecule has 1 aromatic heterocycles. The number of halogens is 1. The number of carbonyl (C=O) groups is 1. The number of aromatic nitrogens is 1. The summed E-state index contributed by atoms with van der Waals surface area (Å²) >= 11 is 5.95. The molecule has 0 bridgehead atoms. The lowest BCUT2D eigenvalue weighted by atomic mass is 10.1. The number of urea groups is 1. The smallest absolute Gasteiger partial charge is 0.322 e. The Morgan fingerprint density at radius 3 is 2.42 bits per heavy atom. The fraction of sp³-hybridized carbons (Fsp3) is 0.360. The molecule has 2 amide bonds. The fourth-order valence-corrected chi connectivity index (χ4v) is 3.73. The first-order valence-electron chi connectivity index (χ1n) is 11.3. The van der Waals surface area contributed by atoms with Crippen LogP contribution in [-0.2, 0) is 6.54 Å². The first kappa shape index (κ1) is 24.6. The number of fused-ring (bicyclic) bond motifs is 1. The van der Waals surface area contributed by atoms with Gasteiger partial charge in [-0.25, -0.2) is 4.79 Å². The zero-order valence-corrected chi connectivity index (χ0v) is 20.1. The highest BCUT2D eigenvalue weighted by atomic mass is 35.5. The molecule has 176 valence electrons. The topological polar surface area (TPSA) is 77.7 Å². The Kier molecular flexibility index (Phi) is 8.74. The monoisotopic (exact) mass is 470 g/mol. The van der Waals surface area contributed by atoms with Crippen LogP contribution in [0.2, 0.25) is 5.02 Å². The second-order valence-electron chi connectivity index (χ2n) is 7.69. The number of H-pyrrole nitrogens is 1. The normalized spacial score (nSPS) is 11.1. The molecular formula is C25H31ClN4O3. The third-order valence-electron chi connectivity index (χ3n) is 5.53. The zero-order chi connectivity index (χ0) is 23.8. The number of nitrogens with one attached hydrogen (secondary N) is 2. The molecule has 2 aromatic carbocycles. The lowest BCUT2D eigenvalue weighted by Crippen LogP contribution is -2.41. The SMILES string of the molecule is CCOc1ccc2[nH]c(=O)c(CN(CCN(CC)CC)C(=O)Nc3ccc(Cl)cc3)cc2c1. The number of ether oxygens (including phenoxy) is 1. The van der Waals surface area contributed by atoms with Crippen LogP contribution >= 0.6 is 11.6 Å². The van der Waals surface area contributed by atoms with Crippen LogP contribution < -0.4 is 15.6 Å². The van der Waals surface area contributed by atoms with E-state index in [2.05, 4.69) is 29.0 Å². The van der Waals surface area contributed by atoms with E-state index in [1.807, 2.05) is 31.2 Å². The Balaban J connectivity index is 1.86. The third-order valence-corrected chi connectivity index (χ3v) is 5.78. The summed E-state index contributed by atoms with van der Waals surface area (Å²) in [5, 5.41) is 4.37. The van der Waals surface area contributed by atoms with Crippen molar-refractivity contribution in [2.75, 3.05) is 38.1 Å². The number of hydrogen-bond acceptors (Lipinski definition) is 4. The standard InChI is InChI=1S/C25H31ClN4O3/c1-4-29(5-2)13-14-30(25(32)27-21-9-7-20(26)8-10-21)17-19-15-18-16-22(33-6-3)11-12-23(18)28-24(19)31/h7-12,15-16H,4-6,13-14,17H2,1-3H3,(H,27,32)(H,28,31). The Morgan fingerprint density at radius 2 is 1.76 bits per heavy atom. The van der Waals surface area contributed by atoms with Crippen LogP contribution in [0.1, 0.15) is 26.3 Å². The van der Waals surface area contributed by atoms with Gasteiger partial charge in [-0.2, -0.15) is 0 Å². The Morgan fingerprint density at radius 1 is 1.03 bits per heavy atom. The summed E-state index contributed by atoms with van der Waals surface area (Å²) in [4.78, 5) is 32.7. The van der Waals surface area contributed by atoms with Crippen LogP contribution in [0.5, 0.6) is 5.75 Å². The van der Waals surface area contributed by atoms with Crippen molar-refractivity contribution in [3.63, 3.8) is 0 Å². The maximum Gasteiger partial charge on any atom is 0.322 e. The summed E-state index contributed by atoms with van der Waals surface area (Å²) in [6, 6.07) is 14.1. The number of anilines is 1. The minimum absolute atomic E-state index is 0.185. The average molecular weight is 471 g/mol. The van der Waals surface area contributed by atoms with E-state index in [4.69, 9.17) is 16.3 Å². The van der Waals surface area contributed by atoms with E-state index in [0.29, 0.717) is 36.0 Å². The second-order valence-corrected chi connectivity index (χ2v) is 8.13. The van der Waals surface area contributed by atoms with Gasteiger partial charge in [0, 0.05) is 40.3 Å². The summed E-state index contributed by atoms with van der Waals surface area (Å²) in [5.74, 6) is 0.738. The third kappa shape index (κ3) is 6.73. The summed E-state index contributed by atoms with van der Waals surface area (Å²) in [5.41, 5.74) is 1.68. The molecule has 3 rings (SSSR count). The summed E-state index contributed by atoms with van der Waals surface area (Å²) in [6.45, 7) is 9.82. The molecule has 0 aliphatic rings. The number of carbonyl (C=O) groups excluding carboxylic acids is 1. The van der Waals surface area contributed by atoms with Crippen molar-refractivity contribution in [2.24, 2.45) is 0 Å². The maximum atomic E-state index is 13.1. The van der Waals surface area contributed by atoms with Crippen molar-refractivity contribution in [1.82, 2.24) is 14.8 Å². The van der Waals surface area contributed by atoms with Crippen LogP contribution in [0.4, 0.5) is 10.5 Å². The molecule has 0 radical (unpaired) electrons. The highest BCUT2D eigenvalue weighted by Gasteiger charge is 2.17. The van der Waals surface area contributed by atoms with E-state index in [-0.39, 0.29) is 18.1 Å². The molecular weight excluding hydrogens is 440 g/mol. The molecule has 33 heavy (non-hydrogen) atoms. The number of pyridine rings is 1. The van der Waals surface area contributed by atoms with E-state index in [1.165, 1.54) is 0 Å². The van der Waals surface area contributed by atoms with Gasteiger partial charge in [0.25, 0.3) is 5.56 Å². The molecule has 0 spiro atoms. The molecule has 0 fully saturated rings. The quantitative estimate of drug-likeness (QED) is 0.439. The lowest BCUT2D eigenvalue weighted by molar-refractivity contribution is 0.194. The molecule has 0 aliphatic heterocycles. The molecule has 0 unspecified atom stereocenters. The number of amides is 2. The van der Waals surface area contributed by atoms with E-state index in [9.17, 15) is 9.59 Å². The number of aromatic amines is 1. The maximum absolute atomic E-state index is 13.1. The Hall–Kier alpha value is -3.03. The summed E-state index contributed by atoms with van der Waals surface area (Å²) in [6.07, 6.45) is 0. The lowest BCUT2D eigenvalue weighted by Gasteiger charge is -2.26. The van der Waals surface area contributed by atoms with E-state index < -0.39 is 0 Å². The van der Waals surface area contributed by atoms with Crippen LogP contribution in [-0.4, -0.2) is 53.6 Å². The summed E-state index contributed by atoms with van der Waals surface area (Å²) in [7, 11) is 0. The van der Waals surface area contributed by atoms with Crippen molar-refractivity contribution in [3.8, 4) is 5.75 Å². The van der Waals surface area contributed by atoms with Crippen molar-refractivity contribution in [1.29, 1.82) is 0 Å². The highest BCUT2D eigenvalue weighted by molar-refractivity contribution is 6.30. The van der Waals surface area contributed by atoms with E-state index in [0.717, 1.165) is 29.7 Å². The second kappa shape index (κ2) is 11.7. The van der Waals surface area contributed by atoms with Crippen LogP contribution in [0.25, 0.3) is 10.9 Å². The van der Waals surface area contributed by atoms with Gasteiger partial charge in [-0.3, -0.25) is 4.79 Å². The average Bonchev–Trinajstić information content (AvgIpc) is 2.81. The van der Waals surface area contributed by atoms with Gasteiger partial charge >= 0.3 is 6.03 Å².